The molecule has 5 N–H and O–H groups in total. The zero-order valence-corrected chi connectivity index (χ0v) is 25.4. The summed E-state index contributed by atoms with van der Waals surface area (Å²) in [6, 6.07) is 27.1. The number of benzene rings is 4. The van der Waals surface area contributed by atoms with Crippen LogP contribution in [-0.2, 0) is 5.41 Å². The van der Waals surface area contributed by atoms with Crippen molar-refractivity contribution in [3.8, 4) is 34.5 Å². The van der Waals surface area contributed by atoms with E-state index in [0.29, 0.717) is 28.6 Å². The number of urea groups is 1. The van der Waals surface area contributed by atoms with Crippen LogP contribution >= 0.6 is 0 Å². The number of anilines is 3. The maximum Gasteiger partial charge on any atom is 0.324 e. The number of nitrogens with one attached hydrogen (secondary N) is 2. The Bertz CT molecular complexity index is 2030. The van der Waals surface area contributed by atoms with Crippen LogP contribution < -0.4 is 21.1 Å². The van der Waals surface area contributed by atoms with E-state index < -0.39 is 6.03 Å². The Hall–Kier alpha value is -5.90. The van der Waals surface area contributed by atoms with Gasteiger partial charge in [0.05, 0.1) is 23.3 Å². The third kappa shape index (κ3) is 6.25. The molecule has 0 radical (unpaired) electrons. The van der Waals surface area contributed by atoms with Gasteiger partial charge in [-0.3, -0.25) is 5.32 Å². The smallest absolute Gasteiger partial charge is 0.324 e. The molecule has 0 saturated heterocycles. The maximum atomic E-state index is 13.4. The molecule has 0 saturated carbocycles. The molecule has 0 aliphatic rings. The molecule has 0 fully saturated rings. The topological polar surface area (TPSA) is 140 Å². The van der Waals surface area contributed by atoms with E-state index in [9.17, 15) is 9.90 Å². The number of hydrogen-bond donors (Lipinski definition) is 4. The van der Waals surface area contributed by atoms with Crippen LogP contribution in [0.2, 0.25) is 0 Å². The Morgan fingerprint density at radius 3 is 2.40 bits per heavy atom. The zero-order valence-electron chi connectivity index (χ0n) is 25.4. The van der Waals surface area contributed by atoms with Crippen molar-refractivity contribution in [3.63, 3.8) is 0 Å². The fraction of sp³-hybridized carbons (Fsp3) is 0.143. The summed E-state index contributed by atoms with van der Waals surface area (Å²) in [6.45, 7) is 8.27. The Morgan fingerprint density at radius 1 is 0.911 bits per heavy atom. The van der Waals surface area contributed by atoms with Crippen LogP contribution in [0.3, 0.4) is 0 Å². The normalized spacial score (nSPS) is 11.4. The molecule has 45 heavy (non-hydrogen) atoms. The SMILES string of the molecule is Cc1ccc(-n2nc(C(C)(C)C)cc2NC(=O)Nc2ccc(Oc3nc(-c4cccc(O)c4)ncc3N)c3ccccc23)cc1. The molecule has 6 rings (SSSR count). The van der Waals surface area contributed by atoms with Gasteiger partial charge in [-0.15, -0.1) is 0 Å². The average molecular weight is 600 g/mol. The van der Waals surface area contributed by atoms with Crippen molar-refractivity contribution in [2.24, 2.45) is 0 Å². The Labute approximate surface area is 260 Å². The van der Waals surface area contributed by atoms with E-state index in [4.69, 9.17) is 15.6 Å². The molecule has 0 unspecified atom stereocenters. The molecule has 0 atom stereocenters. The first kappa shape index (κ1) is 29.2. The van der Waals surface area contributed by atoms with Crippen molar-refractivity contribution in [2.45, 2.75) is 33.1 Å². The molecule has 2 heterocycles. The molecule has 6 aromatic rings. The van der Waals surface area contributed by atoms with Gasteiger partial charge in [0, 0.05) is 27.8 Å². The lowest BCUT2D eigenvalue weighted by molar-refractivity contribution is 0.262. The first-order chi connectivity index (χ1) is 21.5. The summed E-state index contributed by atoms with van der Waals surface area (Å²) in [5.41, 5.74) is 10.2. The summed E-state index contributed by atoms with van der Waals surface area (Å²) >= 11 is 0. The summed E-state index contributed by atoms with van der Waals surface area (Å²) < 4.78 is 7.94. The summed E-state index contributed by atoms with van der Waals surface area (Å²) in [5, 5.41) is 22.2. The quantitative estimate of drug-likeness (QED) is 0.153. The molecule has 10 nitrogen and oxygen atoms in total. The van der Waals surface area contributed by atoms with Gasteiger partial charge in [0.25, 0.3) is 0 Å². The van der Waals surface area contributed by atoms with Crippen LogP contribution in [0.15, 0.2) is 97.2 Å². The van der Waals surface area contributed by atoms with E-state index in [2.05, 4.69) is 41.4 Å². The third-order valence-corrected chi connectivity index (χ3v) is 7.22. The molecule has 2 amide bonds. The van der Waals surface area contributed by atoms with E-state index in [0.717, 1.165) is 27.7 Å². The second-order valence-electron chi connectivity index (χ2n) is 11.8. The number of rotatable bonds is 6. The number of carbonyl (C=O) groups is 1. The van der Waals surface area contributed by atoms with Gasteiger partial charge in [-0.05, 0) is 43.3 Å². The van der Waals surface area contributed by atoms with Gasteiger partial charge in [-0.1, -0.05) is 74.9 Å². The highest BCUT2D eigenvalue weighted by Gasteiger charge is 2.22. The highest BCUT2D eigenvalue weighted by atomic mass is 16.5. The van der Waals surface area contributed by atoms with Gasteiger partial charge < -0.3 is 20.9 Å². The van der Waals surface area contributed by atoms with E-state index in [-0.39, 0.29) is 22.7 Å². The second kappa shape index (κ2) is 11.6. The van der Waals surface area contributed by atoms with E-state index >= 15 is 0 Å². The van der Waals surface area contributed by atoms with Gasteiger partial charge >= 0.3 is 6.03 Å². The number of aromatic hydroxyl groups is 1. The minimum atomic E-state index is -0.418. The lowest BCUT2D eigenvalue weighted by Crippen LogP contribution is -2.21. The summed E-state index contributed by atoms with van der Waals surface area (Å²) in [6.07, 6.45) is 1.47. The third-order valence-electron chi connectivity index (χ3n) is 7.22. The number of carbonyl (C=O) groups excluding carboxylic acids is 1. The molecule has 4 aromatic carbocycles. The summed E-state index contributed by atoms with van der Waals surface area (Å²) in [4.78, 5) is 22.2. The number of nitrogens with two attached hydrogens (primary N) is 1. The Morgan fingerprint density at radius 2 is 1.67 bits per heavy atom. The average Bonchev–Trinajstić information content (AvgIpc) is 3.44. The van der Waals surface area contributed by atoms with Gasteiger partial charge in [-0.25, -0.2) is 14.5 Å². The molecule has 2 aromatic heterocycles. The standard InChI is InChI=1S/C35H33N7O3/c1-21-12-14-23(15-13-21)42-31(19-30(41-42)35(2,3)4)39-34(44)38-28-16-17-29(26-11-6-5-10-25(26)28)45-33-27(36)20-37-32(40-33)22-8-7-9-24(43)18-22/h5-20,43H,36H2,1-4H3,(H2,38,39,44). The van der Waals surface area contributed by atoms with Crippen LogP contribution in [0, 0.1) is 6.92 Å². The summed E-state index contributed by atoms with van der Waals surface area (Å²) in [7, 11) is 0. The lowest BCUT2D eigenvalue weighted by Gasteiger charge is -2.15. The highest BCUT2D eigenvalue weighted by Crippen LogP contribution is 2.36. The van der Waals surface area contributed by atoms with Crippen LogP contribution in [-0.4, -0.2) is 30.9 Å². The van der Waals surface area contributed by atoms with Crippen LogP contribution in [0.4, 0.5) is 22.0 Å². The van der Waals surface area contributed by atoms with Crippen LogP contribution in [0.5, 0.6) is 17.4 Å². The molecule has 0 spiro atoms. The van der Waals surface area contributed by atoms with Gasteiger partial charge in [0.1, 0.15) is 23.0 Å². The van der Waals surface area contributed by atoms with Crippen molar-refractivity contribution in [2.75, 3.05) is 16.4 Å². The number of ether oxygens (including phenoxy) is 1. The minimum Gasteiger partial charge on any atom is -0.508 e. The zero-order chi connectivity index (χ0) is 31.7. The second-order valence-corrected chi connectivity index (χ2v) is 11.8. The number of fused-ring (bicyclic) bond motifs is 1. The number of aromatic nitrogens is 4. The predicted octanol–water partition coefficient (Wildman–Crippen LogP) is 7.81. The maximum absolute atomic E-state index is 13.4. The first-order valence-electron chi connectivity index (χ1n) is 14.4. The van der Waals surface area contributed by atoms with Crippen LogP contribution in [0.1, 0.15) is 32.0 Å². The Kier molecular flexibility index (Phi) is 7.55. The van der Waals surface area contributed by atoms with Crippen molar-refractivity contribution in [3.05, 3.63) is 108 Å². The number of phenolic OH excluding ortho intramolecular Hbond substituents is 1. The van der Waals surface area contributed by atoms with Crippen molar-refractivity contribution in [1.29, 1.82) is 0 Å². The summed E-state index contributed by atoms with van der Waals surface area (Å²) in [5.74, 6) is 1.67. The number of phenols is 1. The number of amides is 2. The predicted molar refractivity (Wildman–Crippen MR) is 177 cm³/mol. The fourth-order valence-corrected chi connectivity index (χ4v) is 4.80. The monoisotopic (exact) mass is 599 g/mol. The number of nitrogen functional groups attached to an aromatic ring is 1. The van der Waals surface area contributed by atoms with Crippen molar-refractivity contribution < 1.29 is 14.6 Å². The first-order valence-corrected chi connectivity index (χ1v) is 14.4. The molecule has 226 valence electrons. The number of hydrogen-bond acceptors (Lipinski definition) is 7. The highest BCUT2D eigenvalue weighted by molar-refractivity contribution is 6.07. The lowest BCUT2D eigenvalue weighted by atomic mass is 9.92. The molecular weight excluding hydrogens is 566 g/mol. The molecular formula is C35H33N7O3. The van der Waals surface area contributed by atoms with Crippen LogP contribution in [0.25, 0.3) is 27.8 Å². The molecule has 0 bridgehead atoms. The number of aryl methyl sites for hydroxylation is 1. The Balaban J connectivity index is 1.28. The van der Waals surface area contributed by atoms with Crippen molar-refractivity contribution >= 4 is 34.0 Å². The largest absolute Gasteiger partial charge is 0.508 e. The van der Waals surface area contributed by atoms with Gasteiger partial charge in [-0.2, -0.15) is 10.1 Å². The van der Waals surface area contributed by atoms with E-state index in [1.807, 2.05) is 61.5 Å². The minimum absolute atomic E-state index is 0.0998. The fourth-order valence-electron chi connectivity index (χ4n) is 4.80. The van der Waals surface area contributed by atoms with Gasteiger partial charge in [0.2, 0.25) is 5.88 Å². The van der Waals surface area contributed by atoms with Crippen molar-refractivity contribution in [1.82, 2.24) is 19.7 Å². The number of nitrogens with zero attached hydrogens (tertiary/aromatic N) is 4. The molecule has 10 heteroatoms. The van der Waals surface area contributed by atoms with Gasteiger partial charge in [0.15, 0.2) is 5.82 Å². The van der Waals surface area contributed by atoms with E-state index in [1.54, 1.807) is 41.1 Å². The van der Waals surface area contributed by atoms with E-state index in [1.165, 1.54) is 6.20 Å². The molecule has 0 aliphatic heterocycles. The molecule has 0 aliphatic carbocycles.